The first-order valence-corrected chi connectivity index (χ1v) is 7.71. The molecule has 0 bridgehead atoms. The summed E-state index contributed by atoms with van der Waals surface area (Å²) in [6.07, 6.45) is 0.541. The van der Waals surface area contributed by atoms with Crippen LogP contribution in [0, 0.1) is 10.1 Å². The summed E-state index contributed by atoms with van der Waals surface area (Å²) in [7, 11) is 0. The van der Waals surface area contributed by atoms with Gasteiger partial charge in [0.1, 0.15) is 0 Å². The maximum absolute atomic E-state index is 11.9. The topological polar surface area (TPSA) is 75.8 Å². The first kappa shape index (κ1) is 16.1. The summed E-state index contributed by atoms with van der Waals surface area (Å²) in [5.41, 5.74) is 2.51. The van der Waals surface area contributed by atoms with Crippen molar-refractivity contribution in [3.8, 4) is 0 Å². The minimum absolute atomic E-state index is 0.0185. The molecule has 0 spiro atoms. The highest BCUT2D eigenvalue weighted by molar-refractivity contribution is 6.30. The molecule has 1 amide bonds. The Hall–Kier alpha value is -2.73. The fraction of sp³-hybridized carbons (Fsp3) is 0.176. The average molecular weight is 344 g/mol. The van der Waals surface area contributed by atoms with Crippen LogP contribution in [-0.2, 0) is 4.79 Å². The summed E-state index contributed by atoms with van der Waals surface area (Å²) >= 11 is 5.90. The summed E-state index contributed by atoms with van der Waals surface area (Å²) in [6, 6.07) is 13.2. The van der Waals surface area contributed by atoms with Crippen LogP contribution < -0.4 is 0 Å². The molecule has 2 aromatic rings. The average Bonchev–Trinajstić information content (AvgIpc) is 3.01. The highest BCUT2D eigenvalue weighted by Crippen LogP contribution is 2.33. The molecular formula is C17H14ClN3O3. The van der Waals surface area contributed by atoms with Gasteiger partial charge in [-0.15, -0.1) is 0 Å². The molecule has 1 heterocycles. The fourth-order valence-corrected chi connectivity index (χ4v) is 2.82. The number of halogens is 1. The van der Waals surface area contributed by atoms with Crippen LogP contribution in [0.5, 0.6) is 0 Å². The Labute approximate surface area is 143 Å². The van der Waals surface area contributed by atoms with Crippen molar-refractivity contribution in [2.45, 2.75) is 19.4 Å². The zero-order valence-electron chi connectivity index (χ0n) is 12.8. The minimum atomic E-state index is -0.448. The van der Waals surface area contributed by atoms with Crippen LogP contribution >= 0.6 is 11.6 Å². The van der Waals surface area contributed by atoms with Gasteiger partial charge in [-0.05, 0) is 23.3 Å². The monoisotopic (exact) mass is 343 g/mol. The number of amides is 1. The lowest BCUT2D eigenvalue weighted by molar-refractivity contribution is -0.384. The van der Waals surface area contributed by atoms with Gasteiger partial charge >= 0.3 is 0 Å². The Balaban J connectivity index is 1.90. The SMILES string of the molecule is CC(=O)N1N=C(c2ccc(Cl)cc2)C[C@H]1c1ccc([N+](=O)[O-])cc1. The molecule has 1 atom stereocenters. The number of hydrogen-bond acceptors (Lipinski definition) is 4. The largest absolute Gasteiger partial charge is 0.273 e. The van der Waals surface area contributed by atoms with E-state index in [1.54, 1.807) is 24.3 Å². The Morgan fingerprint density at radius 2 is 1.83 bits per heavy atom. The molecule has 122 valence electrons. The smallest absolute Gasteiger partial charge is 0.269 e. The maximum atomic E-state index is 11.9. The third kappa shape index (κ3) is 3.14. The number of benzene rings is 2. The minimum Gasteiger partial charge on any atom is -0.273 e. The highest BCUT2D eigenvalue weighted by Gasteiger charge is 2.31. The van der Waals surface area contributed by atoms with Crippen molar-refractivity contribution in [2.24, 2.45) is 5.10 Å². The molecule has 7 heteroatoms. The number of rotatable bonds is 3. The Morgan fingerprint density at radius 3 is 2.38 bits per heavy atom. The van der Waals surface area contributed by atoms with E-state index >= 15 is 0 Å². The Bertz CT molecular complexity index is 816. The maximum Gasteiger partial charge on any atom is 0.269 e. The number of nitro groups is 1. The first-order chi connectivity index (χ1) is 11.5. The third-order valence-corrected chi connectivity index (χ3v) is 4.15. The molecule has 1 aliphatic rings. The number of hydrazone groups is 1. The predicted octanol–water partition coefficient (Wildman–Crippen LogP) is 3.95. The van der Waals surface area contributed by atoms with Crippen molar-refractivity contribution in [1.29, 1.82) is 0 Å². The van der Waals surface area contributed by atoms with Gasteiger partial charge in [0.2, 0.25) is 5.91 Å². The molecule has 0 saturated carbocycles. The van der Waals surface area contributed by atoms with Crippen molar-refractivity contribution in [2.75, 3.05) is 0 Å². The quantitative estimate of drug-likeness (QED) is 0.625. The van der Waals surface area contributed by atoms with Gasteiger partial charge in [0, 0.05) is 30.5 Å². The van der Waals surface area contributed by atoms with Gasteiger partial charge in [-0.25, -0.2) is 5.01 Å². The van der Waals surface area contributed by atoms with Gasteiger partial charge < -0.3 is 0 Å². The number of hydrogen-bond donors (Lipinski definition) is 0. The Morgan fingerprint density at radius 1 is 1.21 bits per heavy atom. The van der Waals surface area contributed by atoms with Gasteiger partial charge in [0.05, 0.1) is 16.7 Å². The second-order valence-corrected chi connectivity index (χ2v) is 5.92. The molecule has 0 unspecified atom stereocenters. The second kappa shape index (κ2) is 6.41. The van der Waals surface area contributed by atoms with Crippen molar-refractivity contribution in [1.82, 2.24) is 5.01 Å². The van der Waals surface area contributed by atoms with Gasteiger partial charge in [-0.1, -0.05) is 35.9 Å². The number of nitrogens with zero attached hydrogens (tertiary/aromatic N) is 3. The lowest BCUT2D eigenvalue weighted by Crippen LogP contribution is -2.24. The van der Waals surface area contributed by atoms with Crippen LogP contribution in [0.1, 0.15) is 30.5 Å². The molecule has 1 aliphatic heterocycles. The van der Waals surface area contributed by atoms with E-state index in [1.807, 2.05) is 12.1 Å². The van der Waals surface area contributed by atoms with Gasteiger partial charge in [0.15, 0.2) is 0 Å². The van der Waals surface area contributed by atoms with Gasteiger partial charge in [-0.3, -0.25) is 14.9 Å². The van der Waals surface area contributed by atoms with E-state index in [0.29, 0.717) is 11.4 Å². The zero-order chi connectivity index (χ0) is 17.3. The lowest BCUT2D eigenvalue weighted by Gasteiger charge is -2.20. The zero-order valence-corrected chi connectivity index (χ0v) is 13.6. The first-order valence-electron chi connectivity index (χ1n) is 7.33. The van der Waals surface area contributed by atoms with Gasteiger partial charge in [0.25, 0.3) is 5.69 Å². The predicted molar refractivity (Wildman–Crippen MR) is 91.0 cm³/mol. The number of nitro benzene ring substituents is 1. The van der Waals surface area contributed by atoms with E-state index in [-0.39, 0.29) is 17.6 Å². The summed E-state index contributed by atoms with van der Waals surface area (Å²) in [4.78, 5) is 22.3. The summed E-state index contributed by atoms with van der Waals surface area (Å²) in [5.74, 6) is -0.178. The van der Waals surface area contributed by atoms with E-state index in [2.05, 4.69) is 5.10 Å². The van der Waals surface area contributed by atoms with Crippen LogP contribution in [0.3, 0.4) is 0 Å². The van der Waals surface area contributed by atoms with Gasteiger partial charge in [-0.2, -0.15) is 5.10 Å². The summed E-state index contributed by atoms with van der Waals surface area (Å²) in [6.45, 7) is 1.45. The van der Waals surface area contributed by atoms with Crippen LogP contribution in [0.15, 0.2) is 53.6 Å². The number of carbonyl (C=O) groups excluding carboxylic acids is 1. The molecule has 0 fully saturated rings. The fourth-order valence-electron chi connectivity index (χ4n) is 2.70. The molecule has 0 radical (unpaired) electrons. The van der Waals surface area contributed by atoms with Crippen LogP contribution in [0.25, 0.3) is 0 Å². The third-order valence-electron chi connectivity index (χ3n) is 3.90. The normalized spacial score (nSPS) is 16.8. The standard InChI is InChI=1S/C17H14ClN3O3/c1-11(22)20-17(13-4-8-15(9-5-13)21(23)24)10-16(19-20)12-2-6-14(18)7-3-12/h2-9,17H,10H2,1H3/t17-/m0/s1. The molecule has 6 nitrogen and oxygen atoms in total. The van der Waals surface area contributed by atoms with Crippen LogP contribution in [-0.4, -0.2) is 21.6 Å². The van der Waals surface area contributed by atoms with Crippen molar-refractivity contribution >= 4 is 28.9 Å². The second-order valence-electron chi connectivity index (χ2n) is 5.49. The summed E-state index contributed by atoms with van der Waals surface area (Å²) < 4.78 is 0. The van der Waals surface area contributed by atoms with E-state index in [9.17, 15) is 14.9 Å². The molecule has 24 heavy (non-hydrogen) atoms. The molecule has 0 aliphatic carbocycles. The molecule has 0 saturated heterocycles. The highest BCUT2D eigenvalue weighted by atomic mass is 35.5. The summed E-state index contributed by atoms with van der Waals surface area (Å²) in [5, 5.41) is 17.3. The number of non-ortho nitro benzene ring substituents is 1. The van der Waals surface area contributed by atoms with Crippen molar-refractivity contribution in [3.05, 3.63) is 74.8 Å². The van der Waals surface area contributed by atoms with E-state index in [4.69, 9.17) is 11.6 Å². The van der Waals surface area contributed by atoms with Crippen molar-refractivity contribution in [3.63, 3.8) is 0 Å². The number of carbonyl (C=O) groups is 1. The van der Waals surface area contributed by atoms with Crippen LogP contribution in [0.4, 0.5) is 5.69 Å². The van der Waals surface area contributed by atoms with Crippen LogP contribution in [0.2, 0.25) is 5.02 Å². The van der Waals surface area contributed by atoms with Crippen molar-refractivity contribution < 1.29 is 9.72 Å². The van der Waals surface area contributed by atoms with E-state index in [0.717, 1.165) is 16.8 Å². The van der Waals surface area contributed by atoms with E-state index < -0.39 is 4.92 Å². The lowest BCUT2D eigenvalue weighted by atomic mass is 9.98. The van der Waals surface area contributed by atoms with E-state index in [1.165, 1.54) is 24.1 Å². The molecule has 2 aromatic carbocycles. The molecule has 3 rings (SSSR count). The molecule has 0 aromatic heterocycles. The molecule has 0 N–H and O–H groups in total. The molecular weight excluding hydrogens is 330 g/mol. The Kier molecular flexibility index (Phi) is 4.31.